The molecule has 3 aromatic rings. The van der Waals surface area contributed by atoms with Gasteiger partial charge in [0.1, 0.15) is 12.4 Å². The van der Waals surface area contributed by atoms with E-state index < -0.39 is 5.97 Å². The van der Waals surface area contributed by atoms with Crippen molar-refractivity contribution in [3.63, 3.8) is 0 Å². The molecule has 0 aliphatic carbocycles. The van der Waals surface area contributed by atoms with Crippen molar-refractivity contribution in [1.82, 2.24) is 10.6 Å². The normalized spacial score (nSPS) is 11.4. The van der Waals surface area contributed by atoms with Crippen molar-refractivity contribution in [3.05, 3.63) is 100 Å². The first-order chi connectivity index (χ1) is 16.3. The van der Waals surface area contributed by atoms with Gasteiger partial charge in [0, 0.05) is 23.7 Å². The van der Waals surface area contributed by atoms with Crippen LogP contribution in [0.3, 0.4) is 0 Å². The zero-order chi connectivity index (χ0) is 24.7. The number of aryl methyl sites for hydroxylation is 1. The van der Waals surface area contributed by atoms with E-state index in [1.165, 1.54) is 12.1 Å². The summed E-state index contributed by atoms with van der Waals surface area (Å²) in [6.45, 7) is 4.02. The molecule has 0 spiro atoms. The van der Waals surface area contributed by atoms with Gasteiger partial charge in [-0.05, 0) is 60.9 Å². The summed E-state index contributed by atoms with van der Waals surface area (Å²) in [4.78, 5) is 36.1. The van der Waals surface area contributed by atoms with E-state index >= 15 is 0 Å². The van der Waals surface area contributed by atoms with Gasteiger partial charge in [-0.2, -0.15) is 0 Å². The Balaban J connectivity index is 1.77. The lowest BCUT2D eigenvalue weighted by Gasteiger charge is -2.17. The van der Waals surface area contributed by atoms with E-state index in [0.29, 0.717) is 22.4 Å². The molecule has 0 fully saturated rings. The summed E-state index contributed by atoms with van der Waals surface area (Å²) in [6.07, 6.45) is 0.780. The number of aromatic carboxylic acids is 1. The Morgan fingerprint density at radius 2 is 1.68 bits per heavy atom. The van der Waals surface area contributed by atoms with Crippen molar-refractivity contribution >= 4 is 17.8 Å². The molecule has 0 saturated carbocycles. The Morgan fingerprint density at radius 1 is 0.941 bits per heavy atom. The minimum Gasteiger partial charge on any atom is -0.489 e. The quantitative estimate of drug-likeness (QED) is 0.440. The molecular weight excluding hydrogens is 432 g/mol. The number of hydrogen-bond acceptors (Lipinski definition) is 4. The third-order valence-electron chi connectivity index (χ3n) is 5.55. The second-order valence-electron chi connectivity index (χ2n) is 7.86. The number of ether oxygens (including phenoxy) is 1. The van der Waals surface area contributed by atoms with Crippen LogP contribution in [0.25, 0.3) is 0 Å². The fourth-order valence-electron chi connectivity index (χ4n) is 3.49. The van der Waals surface area contributed by atoms with Crippen LogP contribution < -0.4 is 15.4 Å². The zero-order valence-electron chi connectivity index (χ0n) is 19.4. The van der Waals surface area contributed by atoms with Crippen molar-refractivity contribution in [1.29, 1.82) is 0 Å². The minimum absolute atomic E-state index is 0.158. The van der Waals surface area contributed by atoms with Gasteiger partial charge in [0.05, 0.1) is 11.6 Å². The third kappa shape index (κ3) is 6.01. The highest BCUT2D eigenvalue weighted by atomic mass is 16.5. The Hall–Kier alpha value is -4.13. The third-order valence-corrected chi connectivity index (χ3v) is 5.55. The summed E-state index contributed by atoms with van der Waals surface area (Å²) in [7, 11) is 1.57. The van der Waals surface area contributed by atoms with Gasteiger partial charge in [-0.15, -0.1) is 0 Å². The monoisotopic (exact) mass is 460 g/mol. The van der Waals surface area contributed by atoms with Gasteiger partial charge in [0.2, 0.25) is 0 Å². The van der Waals surface area contributed by atoms with E-state index in [2.05, 4.69) is 10.6 Å². The highest BCUT2D eigenvalue weighted by molar-refractivity contribution is 5.96. The lowest BCUT2D eigenvalue weighted by molar-refractivity contribution is 0.0696. The van der Waals surface area contributed by atoms with Crippen LogP contribution in [0.2, 0.25) is 0 Å². The molecule has 0 saturated heterocycles. The van der Waals surface area contributed by atoms with Crippen LogP contribution in [-0.4, -0.2) is 29.9 Å². The second-order valence-corrected chi connectivity index (χ2v) is 7.86. The molecule has 7 nitrogen and oxygen atoms in total. The van der Waals surface area contributed by atoms with E-state index in [1.807, 2.05) is 32.0 Å². The highest BCUT2D eigenvalue weighted by Crippen LogP contribution is 2.20. The van der Waals surface area contributed by atoms with Gasteiger partial charge < -0.3 is 20.5 Å². The molecule has 176 valence electrons. The van der Waals surface area contributed by atoms with Crippen molar-refractivity contribution in [2.75, 3.05) is 7.05 Å². The van der Waals surface area contributed by atoms with Crippen LogP contribution in [0.15, 0.2) is 66.7 Å². The van der Waals surface area contributed by atoms with E-state index in [-0.39, 0.29) is 30.0 Å². The summed E-state index contributed by atoms with van der Waals surface area (Å²) >= 11 is 0. The second kappa shape index (κ2) is 11.1. The van der Waals surface area contributed by atoms with Crippen LogP contribution in [-0.2, 0) is 13.0 Å². The number of benzene rings is 3. The standard InChI is InChI=1S/C27H28N2O5/c1-4-18-8-9-22(16-34-23-7-5-6-21(15-23)25(30)28-3)24(14-18)26(31)29-17(2)19-10-12-20(13-11-19)27(32)33/h5-15,17H,4,16H2,1-3H3,(H,28,30)(H,29,31)(H,32,33). The van der Waals surface area contributed by atoms with Gasteiger partial charge in [0.15, 0.2) is 0 Å². The predicted octanol–water partition coefficient (Wildman–Crippen LogP) is 4.38. The predicted molar refractivity (Wildman–Crippen MR) is 129 cm³/mol. The Morgan fingerprint density at radius 3 is 2.32 bits per heavy atom. The van der Waals surface area contributed by atoms with Gasteiger partial charge in [-0.1, -0.05) is 37.3 Å². The van der Waals surface area contributed by atoms with Gasteiger partial charge in [0.25, 0.3) is 11.8 Å². The number of carbonyl (C=O) groups excluding carboxylic acids is 2. The van der Waals surface area contributed by atoms with Gasteiger partial charge in [-0.25, -0.2) is 4.79 Å². The Kier molecular flexibility index (Phi) is 8.03. The van der Waals surface area contributed by atoms with Gasteiger partial charge in [-0.3, -0.25) is 9.59 Å². The number of carbonyl (C=O) groups is 3. The maximum atomic E-state index is 13.2. The molecule has 3 aromatic carbocycles. The lowest BCUT2D eigenvalue weighted by atomic mass is 10.0. The Bertz CT molecular complexity index is 1190. The number of hydrogen-bond donors (Lipinski definition) is 3. The molecule has 0 radical (unpaired) electrons. The molecule has 34 heavy (non-hydrogen) atoms. The summed E-state index contributed by atoms with van der Waals surface area (Å²) in [5, 5.41) is 14.6. The van der Waals surface area contributed by atoms with Crippen molar-refractivity contribution in [2.45, 2.75) is 32.9 Å². The molecule has 2 amide bonds. The van der Waals surface area contributed by atoms with Crippen LogP contribution in [0.5, 0.6) is 5.75 Å². The molecule has 1 unspecified atom stereocenters. The van der Waals surface area contributed by atoms with E-state index in [1.54, 1.807) is 43.4 Å². The lowest BCUT2D eigenvalue weighted by Crippen LogP contribution is -2.28. The Labute approximate surface area is 198 Å². The highest BCUT2D eigenvalue weighted by Gasteiger charge is 2.17. The number of rotatable bonds is 9. The first-order valence-electron chi connectivity index (χ1n) is 11.0. The maximum Gasteiger partial charge on any atom is 0.335 e. The zero-order valence-corrected chi connectivity index (χ0v) is 19.4. The van der Waals surface area contributed by atoms with Crippen LogP contribution in [0, 0.1) is 0 Å². The average Bonchev–Trinajstić information content (AvgIpc) is 2.86. The van der Waals surface area contributed by atoms with Gasteiger partial charge >= 0.3 is 5.97 Å². The molecule has 0 aliphatic heterocycles. The molecule has 3 rings (SSSR count). The summed E-state index contributed by atoms with van der Waals surface area (Å²) in [5.74, 6) is -0.921. The number of carboxylic acids is 1. The SMILES string of the molecule is CCc1ccc(COc2cccc(C(=O)NC)c2)c(C(=O)NC(C)c2ccc(C(=O)O)cc2)c1. The molecular formula is C27H28N2O5. The van der Waals surface area contributed by atoms with Crippen LogP contribution in [0.1, 0.15) is 67.7 Å². The average molecular weight is 461 g/mol. The van der Waals surface area contributed by atoms with E-state index in [0.717, 1.165) is 17.5 Å². The molecule has 0 aliphatic rings. The molecule has 0 aromatic heterocycles. The number of nitrogens with one attached hydrogen (secondary N) is 2. The fraction of sp³-hybridized carbons (Fsp3) is 0.222. The number of amides is 2. The largest absolute Gasteiger partial charge is 0.489 e. The molecule has 0 bridgehead atoms. The summed E-state index contributed by atoms with van der Waals surface area (Å²) in [5.41, 5.74) is 3.73. The first kappa shape index (κ1) is 24.5. The molecule has 3 N–H and O–H groups in total. The van der Waals surface area contributed by atoms with Crippen LogP contribution >= 0.6 is 0 Å². The van der Waals surface area contributed by atoms with E-state index in [4.69, 9.17) is 9.84 Å². The number of carboxylic acid groups (broad SMARTS) is 1. The fourth-order valence-corrected chi connectivity index (χ4v) is 3.49. The maximum absolute atomic E-state index is 13.2. The van der Waals surface area contributed by atoms with Crippen LogP contribution in [0.4, 0.5) is 0 Å². The molecule has 1 atom stereocenters. The minimum atomic E-state index is -0.995. The van der Waals surface area contributed by atoms with Crippen molar-refractivity contribution in [3.8, 4) is 5.75 Å². The molecule has 0 heterocycles. The summed E-state index contributed by atoms with van der Waals surface area (Å²) < 4.78 is 5.90. The smallest absolute Gasteiger partial charge is 0.335 e. The molecule has 7 heteroatoms. The first-order valence-corrected chi connectivity index (χ1v) is 11.0. The van der Waals surface area contributed by atoms with Crippen molar-refractivity contribution in [2.24, 2.45) is 0 Å². The topological polar surface area (TPSA) is 105 Å². The summed E-state index contributed by atoms with van der Waals surface area (Å²) in [6, 6.07) is 18.7. The van der Waals surface area contributed by atoms with Crippen molar-refractivity contribution < 1.29 is 24.2 Å². The van der Waals surface area contributed by atoms with E-state index in [9.17, 15) is 14.4 Å².